The van der Waals surface area contributed by atoms with E-state index in [1.54, 1.807) is 36.0 Å². The van der Waals surface area contributed by atoms with Crippen LogP contribution in [0.2, 0.25) is 0 Å². The minimum absolute atomic E-state index is 0.0443. The number of halogens is 1. The number of nitrogens with one attached hydrogen (secondary N) is 1. The van der Waals surface area contributed by atoms with Gasteiger partial charge < -0.3 is 5.32 Å². The van der Waals surface area contributed by atoms with E-state index < -0.39 is 10.0 Å². The van der Waals surface area contributed by atoms with Crippen LogP contribution in [0.4, 0.5) is 5.69 Å². The maximum absolute atomic E-state index is 12.8. The number of hydrogen-bond acceptors (Lipinski definition) is 4. The van der Waals surface area contributed by atoms with E-state index in [1.807, 2.05) is 30.5 Å². The summed E-state index contributed by atoms with van der Waals surface area (Å²) in [4.78, 5) is 13.9. The molecule has 1 fully saturated rings. The average molecular weight is 469 g/mol. The fourth-order valence-corrected chi connectivity index (χ4v) is 5.38. The highest BCUT2D eigenvalue weighted by Gasteiger charge is 2.32. The number of amides is 1. The molecule has 1 amide bonds. The van der Waals surface area contributed by atoms with Crippen molar-refractivity contribution in [3.05, 3.63) is 53.0 Å². The first kappa shape index (κ1) is 20.4. The summed E-state index contributed by atoms with van der Waals surface area (Å²) in [6, 6.07) is 14.3. The molecule has 1 N–H and O–H groups in total. The smallest absolute Gasteiger partial charge is 0.243 e. The van der Waals surface area contributed by atoms with E-state index in [-0.39, 0.29) is 16.7 Å². The molecule has 27 heavy (non-hydrogen) atoms. The summed E-state index contributed by atoms with van der Waals surface area (Å²) in [6.07, 6.45) is 3.00. The quantitative estimate of drug-likeness (QED) is 0.667. The van der Waals surface area contributed by atoms with Crippen molar-refractivity contribution in [2.75, 3.05) is 24.7 Å². The van der Waals surface area contributed by atoms with E-state index in [2.05, 4.69) is 21.2 Å². The number of benzene rings is 2. The van der Waals surface area contributed by atoms with Crippen LogP contribution in [-0.2, 0) is 14.8 Å². The van der Waals surface area contributed by atoms with E-state index >= 15 is 0 Å². The third-order valence-corrected chi connectivity index (χ3v) is 7.88. The Labute approximate surface area is 172 Å². The van der Waals surface area contributed by atoms with Crippen LogP contribution in [0, 0.1) is 5.92 Å². The molecular weight excluding hydrogens is 448 g/mol. The number of hydrogen-bond donors (Lipinski definition) is 1. The fourth-order valence-electron chi connectivity index (χ4n) is 3.10. The molecule has 0 aliphatic carbocycles. The van der Waals surface area contributed by atoms with Crippen molar-refractivity contribution in [3.8, 4) is 0 Å². The van der Waals surface area contributed by atoms with E-state index in [1.165, 1.54) is 4.31 Å². The maximum Gasteiger partial charge on any atom is 0.243 e. The zero-order valence-electron chi connectivity index (χ0n) is 14.9. The third-order valence-electron chi connectivity index (χ3n) is 4.64. The molecule has 0 spiro atoms. The molecule has 1 saturated heterocycles. The van der Waals surface area contributed by atoms with Gasteiger partial charge in [0.25, 0.3) is 0 Å². The molecule has 0 bridgehead atoms. The number of nitrogens with zero attached hydrogens (tertiary/aromatic N) is 1. The first-order valence-corrected chi connectivity index (χ1v) is 12.1. The highest BCUT2D eigenvalue weighted by Crippen LogP contribution is 2.28. The second kappa shape index (κ2) is 8.77. The van der Waals surface area contributed by atoms with Gasteiger partial charge in [0.05, 0.1) is 10.6 Å². The molecule has 8 heteroatoms. The molecule has 0 unspecified atom stereocenters. The van der Waals surface area contributed by atoms with Crippen LogP contribution < -0.4 is 5.32 Å². The molecule has 0 atom stereocenters. The van der Waals surface area contributed by atoms with Gasteiger partial charge in [0, 0.05) is 28.4 Å². The summed E-state index contributed by atoms with van der Waals surface area (Å²) in [7, 11) is -3.52. The predicted octanol–water partition coefficient (Wildman–Crippen LogP) is 4.21. The molecule has 2 aromatic carbocycles. The van der Waals surface area contributed by atoms with Gasteiger partial charge in [-0.2, -0.15) is 4.31 Å². The Hall–Kier alpha value is -1.35. The molecular formula is C19H21BrN2O3S2. The molecule has 0 aromatic heterocycles. The number of rotatable bonds is 5. The molecule has 3 rings (SSSR count). The number of carbonyl (C=O) groups excluding carboxylic acids is 1. The number of anilines is 1. The van der Waals surface area contributed by atoms with E-state index in [0.29, 0.717) is 25.9 Å². The van der Waals surface area contributed by atoms with Gasteiger partial charge in [-0.25, -0.2) is 8.42 Å². The monoisotopic (exact) mass is 468 g/mol. The van der Waals surface area contributed by atoms with Gasteiger partial charge >= 0.3 is 0 Å². The maximum atomic E-state index is 12.8. The molecule has 1 aliphatic heterocycles. The summed E-state index contributed by atoms with van der Waals surface area (Å²) in [6.45, 7) is 0.696. The van der Waals surface area contributed by atoms with Gasteiger partial charge in [0.15, 0.2) is 0 Å². The Morgan fingerprint density at radius 2 is 1.74 bits per heavy atom. The van der Waals surface area contributed by atoms with E-state index in [0.717, 1.165) is 15.1 Å². The Morgan fingerprint density at radius 3 is 2.37 bits per heavy atom. The predicted molar refractivity (Wildman–Crippen MR) is 112 cm³/mol. The third kappa shape index (κ3) is 4.74. The van der Waals surface area contributed by atoms with E-state index in [9.17, 15) is 13.2 Å². The molecule has 1 aliphatic rings. The Bertz CT molecular complexity index is 909. The van der Waals surface area contributed by atoms with Crippen LogP contribution in [0.1, 0.15) is 12.8 Å². The van der Waals surface area contributed by atoms with Crippen LogP contribution in [0.25, 0.3) is 0 Å². The highest BCUT2D eigenvalue weighted by molar-refractivity contribution is 9.10. The Kier molecular flexibility index (Phi) is 6.62. The summed E-state index contributed by atoms with van der Waals surface area (Å²) in [5.74, 6) is -0.228. The topological polar surface area (TPSA) is 66.5 Å². The van der Waals surface area contributed by atoms with Crippen LogP contribution in [0.5, 0.6) is 0 Å². The zero-order chi connectivity index (χ0) is 19.4. The van der Waals surface area contributed by atoms with Crippen molar-refractivity contribution >= 4 is 49.3 Å². The average Bonchev–Trinajstić information content (AvgIpc) is 2.69. The Balaban J connectivity index is 1.63. The molecule has 1 heterocycles. The minimum atomic E-state index is -3.52. The van der Waals surface area contributed by atoms with Crippen molar-refractivity contribution in [3.63, 3.8) is 0 Å². The summed E-state index contributed by atoms with van der Waals surface area (Å²) >= 11 is 4.90. The van der Waals surface area contributed by atoms with Crippen molar-refractivity contribution in [1.82, 2.24) is 4.31 Å². The lowest BCUT2D eigenvalue weighted by Gasteiger charge is -2.30. The normalized spacial score (nSPS) is 16.2. The van der Waals surface area contributed by atoms with Crippen LogP contribution in [-0.4, -0.2) is 38.0 Å². The molecule has 2 aromatic rings. The molecule has 5 nitrogen and oxygen atoms in total. The van der Waals surface area contributed by atoms with Gasteiger partial charge in [-0.15, -0.1) is 11.8 Å². The number of thioether (sulfide) groups is 1. The first-order chi connectivity index (χ1) is 12.9. The zero-order valence-corrected chi connectivity index (χ0v) is 18.1. The van der Waals surface area contributed by atoms with Crippen molar-refractivity contribution in [2.45, 2.75) is 22.6 Å². The van der Waals surface area contributed by atoms with Crippen molar-refractivity contribution in [1.29, 1.82) is 0 Å². The summed E-state index contributed by atoms with van der Waals surface area (Å²) < 4.78 is 27.8. The number of carbonyl (C=O) groups is 1. The molecule has 144 valence electrons. The standard InChI is InChI=1S/C19H21BrN2O3S2/c1-26-18-5-3-2-4-17(18)21-19(23)14-10-12-22(13-11-14)27(24,25)16-8-6-15(20)7-9-16/h2-9,14H,10-13H2,1H3,(H,21,23). The van der Waals surface area contributed by atoms with E-state index in [4.69, 9.17) is 0 Å². The lowest BCUT2D eigenvalue weighted by atomic mass is 9.97. The number of para-hydroxylation sites is 1. The van der Waals surface area contributed by atoms with Crippen molar-refractivity contribution < 1.29 is 13.2 Å². The number of piperidine rings is 1. The summed E-state index contributed by atoms with van der Waals surface area (Å²) in [5.41, 5.74) is 0.805. The second-order valence-corrected chi connectivity index (χ2v) is 10.0. The van der Waals surface area contributed by atoms with Gasteiger partial charge in [-0.05, 0) is 55.5 Å². The fraction of sp³-hybridized carbons (Fsp3) is 0.316. The van der Waals surface area contributed by atoms with Crippen LogP contribution in [0.3, 0.4) is 0 Å². The second-order valence-electron chi connectivity index (χ2n) is 6.32. The Morgan fingerprint density at radius 1 is 1.11 bits per heavy atom. The van der Waals surface area contributed by atoms with Crippen LogP contribution in [0.15, 0.2) is 62.8 Å². The van der Waals surface area contributed by atoms with Gasteiger partial charge in [0.1, 0.15) is 0 Å². The van der Waals surface area contributed by atoms with Gasteiger partial charge in [0.2, 0.25) is 15.9 Å². The van der Waals surface area contributed by atoms with Crippen molar-refractivity contribution in [2.24, 2.45) is 5.92 Å². The molecule has 0 radical (unpaired) electrons. The van der Waals surface area contributed by atoms with Gasteiger partial charge in [-0.3, -0.25) is 4.79 Å². The number of sulfonamides is 1. The van der Waals surface area contributed by atoms with Gasteiger partial charge in [-0.1, -0.05) is 28.1 Å². The lowest BCUT2D eigenvalue weighted by Crippen LogP contribution is -2.41. The van der Waals surface area contributed by atoms with Crippen LogP contribution >= 0.6 is 27.7 Å². The largest absolute Gasteiger partial charge is 0.325 e. The highest BCUT2D eigenvalue weighted by atomic mass is 79.9. The summed E-state index contributed by atoms with van der Waals surface area (Å²) in [5, 5.41) is 2.99. The SMILES string of the molecule is CSc1ccccc1NC(=O)C1CCN(S(=O)(=O)c2ccc(Br)cc2)CC1. The lowest BCUT2D eigenvalue weighted by molar-refractivity contribution is -0.120. The minimum Gasteiger partial charge on any atom is -0.325 e. The molecule has 0 saturated carbocycles. The first-order valence-electron chi connectivity index (χ1n) is 8.61.